The Balaban J connectivity index is 3.08. The van der Waals surface area contributed by atoms with Crippen LogP contribution in [0.3, 0.4) is 0 Å². The fourth-order valence-electron chi connectivity index (χ4n) is 2.53. The lowest BCUT2D eigenvalue weighted by atomic mass is 9.88. The highest BCUT2D eigenvalue weighted by molar-refractivity contribution is 6.03. The Bertz CT molecular complexity index is 523. The van der Waals surface area contributed by atoms with E-state index in [9.17, 15) is 9.59 Å². The Morgan fingerprint density at radius 1 is 1.14 bits per heavy atom. The predicted octanol–water partition coefficient (Wildman–Crippen LogP) is 2.64. The molecule has 1 aromatic carbocycles. The summed E-state index contributed by atoms with van der Waals surface area (Å²) >= 11 is 0. The minimum absolute atomic E-state index is 0.0446. The number of ether oxygens (including phenoxy) is 1. The number of hydrogen-bond acceptors (Lipinski definition) is 4. The topological polar surface area (TPSA) is 55.4 Å². The molecule has 4 nitrogen and oxygen atoms in total. The number of likely N-dealkylation sites (N-methyl/N-ethyl adjacent to an activating group) is 1. The second kappa shape index (κ2) is 7.36. The molecule has 0 aliphatic carbocycles. The number of benzene rings is 1. The van der Waals surface area contributed by atoms with Gasteiger partial charge in [0.25, 0.3) is 0 Å². The van der Waals surface area contributed by atoms with Crippen LogP contribution in [-0.2, 0) is 9.53 Å². The molecular formula is C17H25NO3. The third-order valence-corrected chi connectivity index (χ3v) is 4.14. The first-order valence-corrected chi connectivity index (χ1v) is 7.19. The minimum Gasteiger partial charge on any atom is -0.469 e. The van der Waals surface area contributed by atoms with Crippen molar-refractivity contribution in [3.8, 4) is 0 Å². The van der Waals surface area contributed by atoms with Gasteiger partial charge < -0.3 is 10.1 Å². The highest BCUT2D eigenvalue weighted by Gasteiger charge is 2.24. The van der Waals surface area contributed by atoms with Crippen molar-refractivity contribution in [2.24, 2.45) is 0 Å². The highest BCUT2D eigenvalue weighted by Crippen LogP contribution is 2.23. The zero-order chi connectivity index (χ0) is 16.2. The number of carbonyl (C=O) groups excluding carboxylic acids is 2. The van der Waals surface area contributed by atoms with Crippen molar-refractivity contribution in [1.29, 1.82) is 0 Å². The van der Waals surface area contributed by atoms with Gasteiger partial charge in [0, 0.05) is 12.0 Å². The quantitative estimate of drug-likeness (QED) is 0.646. The summed E-state index contributed by atoms with van der Waals surface area (Å²) in [6.07, 6.45) is 0.671. The molecule has 0 aliphatic rings. The Labute approximate surface area is 126 Å². The SMILES string of the molecule is CNC(CCC(=O)OC)C(=O)c1c(C)c(C)cc(C)c1C. The van der Waals surface area contributed by atoms with E-state index in [4.69, 9.17) is 0 Å². The Morgan fingerprint density at radius 2 is 1.67 bits per heavy atom. The average molecular weight is 291 g/mol. The molecular weight excluding hydrogens is 266 g/mol. The van der Waals surface area contributed by atoms with E-state index in [0.29, 0.717) is 6.42 Å². The average Bonchev–Trinajstić information content (AvgIpc) is 2.45. The fraction of sp³-hybridized carbons (Fsp3) is 0.529. The number of esters is 1. The molecule has 1 unspecified atom stereocenters. The van der Waals surface area contributed by atoms with Gasteiger partial charge in [-0.15, -0.1) is 0 Å². The van der Waals surface area contributed by atoms with E-state index in [1.165, 1.54) is 7.11 Å². The number of ketones is 1. The smallest absolute Gasteiger partial charge is 0.305 e. The molecule has 0 fully saturated rings. The van der Waals surface area contributed by atoms with Gasteiger partial charge in [-0.25, -0.2) is 0 Å². The van der Waals surface area contributed by atoms with E-state index in [1.54, 1.807) is 7.05 Å². The van der Waals surface area contributed by atoms with Crippen LogP contribution in [0.25, 0.3) is 0 Å². The van der Waals surface area contributed by atoms with E-state index in [2.05, 4.69) is 16.1 Å². The zero-order valence-corrected chi connectivity index (χ0v) is 13.8. The zero-order valence-electron chi connectivity index (χ0n) is 13.8. The van der Waals surface area contributed by atoms with Crippen molar-refractivity contribution in [2.45, 2.75) is 46.6 Å². The molecule has 0 amide bonds. The largest absolute Gasteiger partial charge is 0.469 e. The summed E-state index contributed by atoms with van der Waals surface area (Å²) in [6.45, 7) is 7.98. The van der Waals surface area contributed by atoms with Crippen LogP contribution in [0, 0.1) is 27.7 Å². The van der Waals surface area contributed by atoms with Crippen LogP contribution in [-0.4, -0.2) is 32.0 Å². The number of Topliss-reactive ketones (excluding diaryl/α,β-unsaturated/α-hetero) is 1. The first kappa shape index (κ1) is 17.4. The second-order valence-electron chi connectivity index (χ2n) is 5.46. The lowest BCUT2D eigenvalue weighted by molar-refractivity contribution is -0.140. The summed E-state index contributed by atoms with van der Waals surface area (Å²) in [5.74, 6) is -0.250. The van der Waals surface area contributed by atoms with Gasteiger partial charge in [-0.1, -0.05) is 6.07 Å². The monoisotopic (exact) mass is 291 g/mol. The maximum absolute atomic E-state index is 12.8. The van der Waals surface area contributed by atoms with Gasteiger partial charge in [-0.3, -0.25) is 9.59 Å². The number of rotatable bonds is 6. The molecule has 0 radical (unpaired) electrons. The van der Waals surface area contributed by atoms with Crippen LogP contribution in [0.4, 0.5) is 0 Å². The third-order valence-electron chi connectivity index (χ3n) is 4.14. The first-order valence-electron chi connectivity index (χ1n) is 7.19. The Kier molecular flexibility index (Phi) is 6.09. The second-order valence-corrected chi connectivity index (χ2v) is 5.46. The molecule has 0 aliphatic heterocycles. The molecule has 0 bridgehead atoms. The van der Waals surface area contributed by atoms with Gasteiger partial charge >= 0.3 is 5.97 Å². The maximum Gasteiger partial charge on any atom is 0.305 e. The summed E-state index contributed by atoms with van der Waals surface area (Å²) in [5.41, 5.74) is 5.04. The van der Waals surface area contributed by atoms with Crippen LogP contribution in [0.1, 0.15) is 45.5 Å². The lowest BCUT2D eigenvalue weighted by Crippen LogP contribution is -2.35. The predicted molar refractivity (Wildman–Crippen MR) is 83.8 cm³/mol. The van der Waals surface area contributed by atoms with Crippen molar-refractivity contribution in [3.05, 3.63) is 33.9 Å². The molecule has 4 heteroatoms. The van der Waals surface area contributed by atoms with Crippen molar-refractivity contribution in [2.75, 3.05) is 14.2 Å². The number of hydrogen-bond donors (Lipinski definition) is 1. The maximum atomic E-state index is 12.8. The van der Waals surface area contributed by atoms with Crippen molar-refractivity contribution in [1.82, 2.24) is 5.32 Å². The molecule has 0 aromatic heterocycles. The summed E-state index contributed by atoms with van der Waals surface area (Å²) < 4.78 is 4.64. The van der Waals surface area contributed by atoms with Gasteiger partial charge in [0.2, 0.25) is 0 Å². The first-order chi connectivity index (χ1) is 9.83. The van der Waals surface area contributed by atoms with E-state index < -0.39 is 0 Å². The number of methoxy groups -OCH3 is 1. The Hall–Kier alpha value is -1.68. The van der Waals surface area contributed by atoms with Crippen LogP contribution in [0.5, 0.6) is 0 Å². The number of nitrogens with one attached hydrogen (secondary N) is 1. The Morgan fingerprint density at radius 3 is 2.10 bits per heavy atom. The molecule has 21 heavy (non-hydrogen) atoms. The molecule has 0 saturated heterocycles. The van der Waals surface area contributed by atoms with Gasteiger partial charge in [0.15, 0.2) is 5.78 Å². The molecule has 0 saturated carbocycles. The van der Waals surface area contributed by atoms with E-state index >= 15 is 0 Å². The van der Waals surface area contributed by atoms with Crippen molar-refractivity contribution in [3.63, 3.8) is 0 Å². The molecule has 1 atom stereocenters. The van der Waals surface area contributed by atoms with E-state index in [0.717, 1.165) is 27.8 Å². The van der Waals surface area contributed by atoms with Crippen LogP contribution < -0.4 is 5.32 Å². The molecule has 1 rings (SSSR count). The number of carbonyl (C=O) groups is 2. The third kappa shape index (κ3) is 3.91. The van der Waals surface area contributed by atoms with Gasteiger partial charge in [0.1, 0.15) is 0 Å². The van der Waals surface area contributed by atoms with Crippen LogP contribution in [0.2, 0.25) is 0 Å². The molecule has 0 heterocycles. The van der Waals surface area contributed by atoms with Gasteiger partial charge in [-0.2, -0.15) is 0 Å². The minimum atomic E-state index is -0.373. The summed E-state index contributed by atoms with van der Waals surface area (Å²) in [6, 6.07) is 1.73. The number of aryl methyl sites for hydroxylation is 2. The van der Waals surface area contributed by atoms with Crippen molar-refractivity contribution >= 4 is 11.8 Å². The van der Waals surface area contributed by atoms with Crippen LogP contribution in [0.15, 0.2) is 6.07 Å². The van der Waals surface area contributed by atoms with E-state index in [-0.39, 0.29) is 24.2 Å². The van der Waals surface area contributed by atoms with Crippen molar-refractivity contribution < 1.29 is 14.3 Å². The molecule has 1 aromatic rings. The van der Waals surface area contributed by atoms with Crippen LogP contribution >= 0.6 is 0 Å². The normalized spacial score (nSPS) is 12.1. The fourth-order valence-corrected chi connectivity index (χ4v) is 2.53. The summed E-state index contributed by atoms with van der Waals surface area (Å²) in [7, 11) is 3.10. The summed E-state index contributed by atoms with van der Waals surface area (Å²) in [5, 5.41) is 3.02. The summed E-state index contributed by atoms with van der Waals surface area (Å²) in [4.78, 5) is 24.1. The van der Waals surface area contributed by atoms with Gasteiger partial charge in [-0.05, 0) is 63.4 Å². The molecule has 0 spiro atoms. The van der Waals surface area contributed by atoms with Gasteiger partial charge in [0.05, 0.1) is 13.2 Å². The molecule has 1 N–H and O–H groups in total. The molecule has 116 valence electrons. The highest BCUT2D eigenvalue weighted by atomic mass is 16.5. The van der Waals surface area contributed by atoms with E-state index in [1.807, 2.05) is 27.7 Å². The standard InChI is InChI=1S/C17H25NO3/c1-10-9-11(2)13(4)16(12(10)3)17(20)14(18-5)7-8-15(19)21-6/h9,14,18H,7-8H2,1-6H3. The lowest BCUT2D eigenvalue weighted by Gasteiger charge is -2.20.